The van der Waals surface area contributed by atoms with Gasteiger partial charge in [-0.25, -0.2) is 18.1 Å². The molecule has 144 valence electrons. The molecule has 0 fully saturated rings. The summed E-state index contributed by atoms with van der Waals surface area (Å²) < 4.78 is 32.6. The molecule has 0 radical (unpaired) electrons. The Labute approximate surface area is 161 Å². The Morgan fingerprint density at radius 3 is 2.46 bits per heavy atom. The molecule has 0 aliphatic heterocycles. The smallest absolute Gasteiger partial charge is 0.269 e. The van der Waals surface area contributed by atoms with Crippen LogP contribution in [0.3, 0.4) is 0 Å². The summed E-state index contributed by atoms with van der Waals surface area (Å²) in [5.74, 6) is 0.514. The average molecular weight is 400 g/mol. The van der Waals surface area contributed by atoms with Crippen molar-refractivity contribution in [2.75, 3.05) is 7.11 Å². The molecule has 0 aliphatic carbocycles. The third-order valence-corrected chi connectivity index (χ3v) is 5.23. The normalized spacial score (nSPS) is 11.2. The summed E-state index contributed by atoms with van der Waals surface area (Å²) in [5, 5.41) is 10.7. The van der Waals surface area contributed by atoms with Gasteiger partial charge >= 0.3 is 0 Å². The van der Waals surface area contributed by atoms with Crippen LogP contribution in [0.2, 0.25) is 0 Å². The van der Waals surface area contributed by atoms with Gasteiger partial charge in [0.15, 0.2) is 0 Å². The molecule has 2 aromatic heterocycles. The number of benzene rings is 1. The van der Waals surface area contributed by atoms with Gasteiger partial charge in [-0.1, -0.05) is 6.07 Å². The van der Waals surface area contributed by atoms with Crippen molar-refractivity contribution in [1.82, 2.24) is 14.7 Å². The number of aromatic nitrogens is 2. The van der Waals surface area contributed by atoms with Crippen LogP contribution in [-0.2, 0) is 16.6 Å². The largest absolute Gasteiger partial charge is 0.497 e. The van der Waals surface area contributed by atoms with Crippen LogP contribution in [0.4, 0.5) is 5.69 Å². The maximum atomic E-state index is 12.4. The van der Waals surface area contributed by atoms with E-state index < -0.39 is 14.9 Å². The summed E-state index contributed by atoms with van der Waals surface area (Å²) in [6.07, 6.45) is 1.63. The van der Waals surface area contributed by atoms with Crippen molar-refractivity contribution < 1.29 is 18.1 Å². The van der Waals surface area contributed by atoms with Gasteiger partial charge < -0.3 is 4.74 Å². The van der Waals surface area contributed by atoms with Crippen molar-refractivity contribution in [3.63, 3.8) is 0 Å². The summed E-state index contributed by atoms with van der Waals surface area (Å²) in [4.78, 5) is 18.7. The Bertz CT molecular complexity index is 1090. The van der Waals surface area contributed by atoms with Crippen LogP contribution in [0.1, 0.15) is 5.69 Å². The van der Waals surface area contributed by atoms with Gasteiger partial charge in [0.1, 0.15) is 5.75 Å². The van der Waals surface area contributed by atoms with E-state index in [0.717, 1.165) is 12.1 Å². The minimum absolute atomic E-state index is 0.0778. The zero-order chi connectivity index (χ0) is 20.1. The average Bonchev–Trinajstić information content (AvgIpc) is 2.73. The van der Waals surface area contributed by atoms with Crippen LogP contribution in [0.5, 0.6) is 5.75 Å². The predicted octanol–water partition coefficient (Wildman–Crippen LogP) is 2.54. The Morgan fingerprint density at radius 2 is 1.86 bits per heavy atom. The van der Waals surface area contributed by atoms with E-state index >= 15 is 0 Å². The molecule has 1 N–H and O–H groups in total. The standard InChI is InChI=1S/C18H16N4O5S/c1-27-15-10-13(21-18(11-15)17-4-2-3-9-19-17)12-20-28(25,26)16-7-5-14(6-8-16)22(23)24/h2-11,20H,12H2,1H3. The Hall–Kier alpha value is -3.37. The van der Waals surface area contributed by atoms with Gasteiger partial charge in [0.25, 0.3) is 5.69 Å². The van der Waals surface area contributed by atoms with E-state index in [1.165, 1.54) is 19.2 Å². The van der Waals surface area contributed by atoms with Crippen LogP contribution in [0.15, 0.2) is 65.7 Å². The molecule has 0 atom stereocenters. The maximum absolute atomic E-state index is 12.4. The Balaban J connectivity index is 1.82. The first-order chi connectivity index (χ1) is 13.4. The van der Waals surface area contributed by atoms with E-state index in [2.05, 4.69) is 14.7 Å². The second-order valence-electron chi connectivity index (χ2n) is 5.67. The van der Waals surface area contributed by atoms with Gasteiger partial charge in [-0.3, -0.25) is 15.1 Å². The Kier molecular flexibility index (Phi) is 5.62. The summed E-state index contributed by atoms with van der Waals surface area (Å²) in [5.41, 5.74) is 1.42. The highest BCUT2D eigenvalue weighted by atomic mass is 32.2. The van der Waals surface area contributed by atoms with Crippen LogP contribution < -0.4 is 9.46 Å². The fourth-order valence-corrected chi connectivity index (χ4v) is 3.41. The van der Waals surface area contributed by atoms with E-state index in [4.69, 9.17) is 4.74 Å². The third-order valence-electron chi connectivity index (χ3n) is 3.82. The zero-order valence-electron chi connectivity index (χ0n) is 14.8. The van der Waals surface area contributed by atoms with Crippen molar-refractivity contribution in [2.24, 2.45) is 0 Å². The number of nitro benzene ring substituents is 1. The lowest BCUT2D eigenvalue weighted by molar-refractivity contribution is -0.384. The number of ether oxygens (including phenoxy) is 1. The van der Waals surface area contributed by atoms with Gasteiger partial charge in [-0.15, -0.1) is 0 Å². The summed E-state index contributed by atoms with van der Waals surface area (Å²) in [6.45, 7) is -0.0869. The van der Waals surface area contributed by atoms with Gasteiger partial charge in [0.05, 0.1) is 40.6 Å². The molecule has 10 heteroatoms. The van der Waals surface area contributed by atoms with Crippen LogP contribution in [0, 0.1) is 10.1 Å². The summed E-state index contributed by atoms with van der Waals surface area (Å²) in [6, 6.07) is 13.3. The first-order valence-electron chi connectivity index (χ1n) is 8.09. The van der Waals surface area contributed by atoms with Crippen molar-refractivity contribution in [2.45, 2.75) is 11.4 Å². The van der Waals surface area contributed by atoms with Gasteiger partial charge in [-0.05, 0) is 24.3 Å². The molecule has 0 spiro atoms. The molecule has 2 heterocycles. The number of sulfonamides is 1. The van der Waals surface area contributed by atoms with Crippen LogP contribution in [-0.4, -0.2) is 30.4 Å². The maximum Gasteiger partial charge on any atom is 0.269 e. The lowest BCUT2D eigenvalue weighted by Crippen LogP contribution is -2.23. The van der Waals surface area contributed by atoms with E-state index in [9.17, 15) is 18.5 Å². The van der Waals surface area contributed by atoms with Crippen molar-refractivity contribution >= 4 is 15.7 Å². The second-order valence-corrected chi connectivity index (χ2v) is 7.44. The van der Waals surface area contributed by atoms with E-state index in [1.54, 1.807) is 30.5 Å². The molecular formula is C18H16N4O5S. The fraction of sp³-hybridized carbons (Fsp3) is 0.111. The number of nitrogens with one attached hydrogen (secondary N) is 1. The molecule has 0 amide bonds. The first-order valence-corrected chi connectivity index (χ1v) is 9.58. The van der Waals surface area contributed by atoms with Crippen LogP contribution >= 0.6 is 0 Å². The highest BCUT2D eigenvalue weighted by molar-refractivity contribution is 7.89. The highest BCUT2D eigenvalue weighted by Gasteiger charge is 2.16. The van der Waals surface area contributed by atoms with Crippen molar-refractivity contribution in [3.05, 3.63) is 76.6 Å². The molecule has 28 heavy (non-hydrogen) atoms. The number of non-ortho nitro benzene ring substituents is 1. The molecule has 0 unspecified atom stereocenters. The highest BCUT2D eigenvalue weighted by Crippen LogP contribution is 2.22. The molecule has 0 saturated heterocycles. The third kappa shape index (κ3) is 4.48. The predicted molar refractivity (Wildman–Crippen MR) is 101 cm³/mol. The SMILES string of the molecule is COc1cc(CNS(=O)(=O)c2ccc([N+](=O)[O-])cc2)nc(-c2ccccn2)c1. The minimum atomic E-state index is -3.87. The number of methoxy groups -OCH3 is 1. The zero-order valence-corrected chi connectivity index (χ0v) is 15.6. The number of hydrogen-bond acceptors (Lipinski definition) is 7. The lowest BCUT2D eigenvalue weighted by Gasteiger charge is -2.10. The monoisotopic (exact) mass is 400 g/mol. The van der Waals surface area contributed by atoms with Gasteiger partial charge in [0, 0.05) is 30.5 Å². The molecular weight excluding hydrogens is 384 g/mol. The number of rotatable bonds is 7. The molecule has 1 aromatic carbocycles. The summed E-state index contributed by atoms with van der Waals surface area (Å²) in [7, 11) is -2.36. The molecule has 3 rings (SSSR count). The molecule has 0 aliphatic rings. The summed E-state index contributed by atoms with van der Waals surface area (Å²) >= 11 is 0. The van der Waals surface area contributed by atoms with Gasteiger partial charge in [-0.2, -0.15) is 0 Å². The first kappa shape index (κ1) is 19.4. The number of hydrogen-bond donors (Lipinski definition) is 1. The lowest BCUT2D eigenvalue weighted by atomic mass is 10.2. The molecule has 0 bridgehead atoms. The van der Waals surface area contributed by atoms with E-state index in [0.29, 0.717) is 22.8 Å². The van der Waals surface area contributed by atoms with Crippen molar-refractivity contribution in [1.29, 1.82) is 0 Å². The minimum Gasteiger partial charge on any atom is -0.497 e. The fourth-order valence-electron chi connectivity index (χ4n) is 2.41. The van der Waals surface area contributed by atoms with Crippen LogP contribution in [0.25, 0.3) is 11.4 Å². The number of nitro groups is 1. The van der Waals surface area contributed by atoms with Gasteiger partial charge in [0.2, 0.25) is 10.0 Å². The second kappa shape index (κ2) is 8.11. The molecule has 0 saturated carbocycles. The Morgan fingerprint density at radius 1 is 1.11 bits per heavy atom. The quantitative estimate of drug-likeness (QED) is 0.477. The van der Waals surface area contributed by atoms with Crippen molar-refractivity contribution in [3.8, 4) is 17.1 Å². The molecule has 9 nitrogen and oxygen atoms in total. The topological polar surface area (TPSA) is 124 Å². The number of pyridine rings is 2. The number of nitrogens with zero attached hydrogens (tertiary/aromatic N) is 3. The van der Waals surface area contributed by atoms with E-state index in [-0.39, 0.29) is 17.1 Å². The van der Waals surface area contributed by atoms with E-state index in [1.807, 2.05) is 6.07 Å². The molecule has 3 aromatic rings.